The second-order valence-corrected chi connectivity index (χ2v) is 3.23. The highest BCUT2D eigenvalue weighted by atomic mass is 35.5. The monoisotopic (exact) mass is 328 g/mol. The van der Waals surface area contributed by atoms with Gasteiger partial charge in [0, 0.05) is 0 Å². The van der Waals surface area contributed by atoms with Gasteiger partial charge in [0.15, 0.2) is 5.83 Å². The second-order valence-electron chi connectivity index (χ2n) is 2.85. The Morgan fingerprint density at radius 3 is 1.32 bits per heavy atom. The molecule has 0 fully saturated rings. The smallest absolute Gasteiger partial charge is 0.202 e. The highest BCUT2D eigenvalue weighted by Gasteiger charge is 2.74. The van der Waals surface area contributed by atoms with Crippen molar-refractivity contribution in [2.24, 2.45) is 0 Å². The van der Waals surface area contributed by atoms with Gasteiger partial charge in [0.1, 0.15) is 5.03 Å². The summed E-state index contributed by atoms with van der Waals surface area (Å²) in [5, 5.41) is -3.33. The lowest BCUT2D eigenvalue weighted by Gasteiger charge is -2.27. The van der Waals surface area contributed by atoms with E-state index in [2.05, 4.69) is 11.6 Å². The molecule has 0 radical (unpaired) electrons. The fraction of sp³-hybridized carbons (Fsp3) is 0.429. The van der Waals surface area contributed by atoms with Crippen LogP contribution in [0, 0.1) is 0 Å². The maximum Gasteiger partial charge on any atom is 0.460 e. The Balaban J connectivity index is 5.95. The molecule has 0 atom stereocenters. The first-order valence-corrected chi connectivity index (χ1v) is 4.15. The van der Waals surface area contributed by atoms with Crippen molar-refractivity contribution in [1.29, 1.82) is 0 Å². The molecular weight excluding hydrogens is 329 g/mol. The Labute approximate surface area is 102 Å². The molecule has 0 aromatic rings. The SMILES string of the molecule is FC(F)=C(F)C(F)=C(Cl)C(F)(F)C(F)(F)C(F)(F)F. The minimum absolute atomic E-state index is 3.33. The van der Waals surface area contributed by atoms with Crippen LogP contribution in [0.5, 0.6) is 0 Å². The molecule has 0 aliphatic heterocycles. The maximum atomic E-state index is 12.6. The van der Waals surface area contributed by atoms with Gasteiger partial charge in [0.2, 0.25) is 5.83 Å². The molecule has 0 N–H and O–H groups in total. The standard InChI is InChI=1S/C7ClF11/c8-3(1(9)2(10)4(11)12)5(13,14)6(15,16)7(17,18)19. The molecule has 0 aliphatic carbocycles. The largest absolute Gasteiger partial charge is 0.460 e. The van der Waals surface area contributed by atoms with Crippen molar-refractivity contribution in [2.45, 2.75) is 18.0 Å². The summed E-state index contributed by atoms with van der Waals surface area (Å²) >= 11 is 4.12. The lowest BCUT2D eigenvalue weighted by atomic mass is 10.1. The van der Waals surface area contributed by atoms with Crippen LogP contribution in [0.2, 0.25) is 0 Å². The highest BCUT2D eigenvalue weighted by Crippen LogP contribution is 2.52. The minimum atomic E-state index is -6.89. The van der Waals surface area contributed by atoms with Crippen molar-refractivity contribution in [3.05, 3.63) is 22.8 Å². The van der Waals surface area contributed by atoms with Crippen LogP contribution in [0.15, 0.2) is 22.8 Å². The van der Waals surface area contributed by atoms with Gasteiger partial charge in [-0.15, -0.1) is 0 Å². The first kappa shape index (κ1) is 18.0. The van der Waals surface area contributed by atoms with Crippen LogP contribution in [0.25, 0.3) is 0 Å². The van der Waals surface area contributed by atoms with E-state index in [0.29, 0.717) is 0 Å². The molecule has 0 saturated carbocycles. The molecule has 0 aliphatic rings. The first-order valence-electron chi connectivity index (χ1n) is 3.77. The maximum absolute atomic E-state index is 12.6. The lowest BCUT2D eigenvalue weighted by Crippen LogP contribution is -2.52. The van der Waals surface area contributed by atoms with Crippen molar-refractivity contribution in [3.8, 4) is 0 Å². The zero-order chi connectivity index (χ0) is 15.8. The van der Waals surface area contributed by atoms with Crippen LogP contribution in [0.1, 0.15) is 0 Å². The zero-order valence-electron chi connectivity index (χ0n) is 8.04. The Morgan fingerprint density at radius 1 is 0.684 bits per heavy atom. The minimum Gasteiger partial charge on any atom is -0.202 e. The van der Waals surface area contributed by atoms with E-state index < -0.39 is 40.8 Å². The van der Waals surface area contributed by atoms with Gasteiger partial charge in [-0.25, -0.2) is 4.39 Å². The molecule has 0 bridgehead atoms. The zero-order valence-corrected chi connectivity index (χ0v) is 8.79. The number of hydrogen-bond acceptors (Lipinski definition) is 0. The Kier molecular flexibility index (Phi) is 4.90. The third-order valence-corrected chi connectivity index (χ3v) is 1.98. The van der Waals surface area contributed by atoms with Gasteiger partial charge in [0.05, 0.1) is 0 Å². The summed E-state index contributed by atoms with van der Waals surface area (Å²) < 4.78 is 132. The second kappa shape index (κ2) is 5.17. The van der Waals surface area contributed by atoms with Gasteiger partial charge in [-0.1, -0.05) is 11.6 Å². The summed E-state index contributed by atoms with van der Waals surface area (Å²) in [5.74, 6) is -20.1. The summed E-state index contributed by atoms with van der Waals surface area (Å²) in [6, 6.07) is 0. The summed E-state index contributed by atoms with van der Waals surface area (Å²) in [7, 11) is 0. The van der Waals surface area contributed by atoms with Crippen LogP contribution >= 0.6 is 11.6 Å². The quantitative estimate of drug-likeness (QED) is 0.486. The van der Waals surface area contributed by atoms with E-state index in [-0.39, 0.29) is 0 Å². The van der Waals surface area contributed by atoms with Crippen LogP contribution in [-0.2, 0) is 0 Å². The van der Waals surface area contributed by atoms with E-state index in [4.69, 9.17) is 0 Å². The summed E-state index contributed by atoms with van der Waals surface area (Å²) in [6.45, 7) is 0. The molecular formula is C7ClF11. The molecule has 0 aromatic carbocycles. The van der Waals surface area contributed by atoms with Gasteiger partial charge in [-0.05, 0) is 0 Å². The van der Waals surface area contributed by atoms with Crippen LogP contribution < -0.4 is 0 Å². The summed E-state index contributed by atoms with van der Waals surface area (Å²) in [5.41, 5.74) is 0. The predicted molar refractivity (Wildman–Crippen MR) is 40.3 cm³/mol. The number of hydrogen-bond donors (Lipinski definition) is 0. The lowest BCUT2D eigenvalue weighted by molar-refractivity contribution is -0.343. The molecule has 0 heterocycles. The van der Waals surface area contributed by atoms with E-state index in [0.717, 1.165) is 0 Å². The molecule has 0 amide bonds. The molecule has 0 spiro atoms. The third-order valence-electron chi connectivity index (χ3n) is 1.58. The summed E-state index contributed by atoms with van der Waals surface area (Å²) in [4.78, 5) is 0. The van der Waals surface area contributed by atoms with Crippen LogP contribution in [-0.4, -0.2) is 18.0 Å². The highest BCUT2D eigenvalue weighted by molar-refractivity contribution is 6.31. The van der Waals surface area contributed by atoms with E-state index in [1.54, 1.807) is 0 Å². The molecule has 0 nitrogen and oxygen atoms in total. The Bertz CT molecular complexity index is 411. The van der Waals surface area contributed by atoms with Gasteiger partial charge in [0.25, 0.3) is 0 Å². The van der Waals surface area contributed by atoms with Crippen molar-refractivity contribution in [1.82, 2.24) is 0 Å². The normalized spacial score (nSPS) is 15.2. The van der Waals surface area contributed by atoms with Crippen LogP contribution in [0.4, 0.5) is 48.3 Å². The number of halogens is 12. The first-order chi connectivity index (χ1) is 8.18. The molecule has 12 heteroatoms. The molecule has 112 valence electrons. The third kappa shape index (κ3) is 3.12. The topological polar surface area (TPSA) is 0 Å². The molecule has 0 unspecified atom stereocenters. The molecule has 19 heavy (non-hydrogen) atoms. The van der Waals surface area contributed by atoms with Crippen molar-refractivity contribution < 1.29 is 48.3 Å². The number of rotatable bonds is 3. The average molecular weight is 329 g/mol. The average Bonchev–Trinajstić information content (AvgIpc) is 2.23. The van der Waals surface area contributed by atoms with E-state index in [1.165, 1.54) is 0 Å². The van der Waals surface area contributed by atoms with E-state index >= 15 is 0 Å². The van der Waals surface area contributed by atoms with Gasteiger partial charge < -0.3 is 0 Å². The van der Waals surface area contributed by atoms with Crippen molar-refractivity contribution in [3.63, 3.8) is 0 Å². The van der Waals surface area contributed by atoms with E-state index in [1.807, 2.05) is 0 Å². The number of allylic oxidation sites excluding steroid dienone is 3. The van der Waals surface area contributed by atoms with Gasteiger partial charge in [-0.3, -0.25) is 0 Å². The molecule has 0 aromatic heterocycles. The predicted octanol–water partition coefficient (Wildman–Crippen LogP) is 5.32. The number of alkyl halides is 7. The Morgan fingerprint density at radius 2 is 1.05 bits per heavy atom. The molecule has 0 rings (SSSR count). The van der Waals surface area contributed by atoms with Gasteiger partial charge >= 0.3 is 24.1 Å². The van der Waals surface area contributed by atoms with Crippen molar-refractivity contribution in [2.75, 3.05) is 0 Å². The Hall–Kier alpha value is -1.00. The van der Waals surface area contributed by atoms with Gasteiger partial charge in [-0.2, -0.15) is 43.9 Å². The van der Waals surface area contributed by atoms with Crippen molar-refractivity contribution >= 4 is 11.6 Å². The van der Waals surface area contributed by atoms with Crippen LogP contribution in [0.3, 0.4) is 0 Å². The summed E-state index contributed by atoms with van der Waals surface area (Å²) in [6.07, 6.45) is -10.4. The molecule has 0 saturated heterocycles. The van der Waals surface area contributed by atoms with E-state index in [9.17, 15) is 48.3 Å². The fourth-order valence-corrected chi connectivity index (χ4v) is 0.835. The fourth-order valence-electron chi connectivity index (χ4n) is 0.633.